The van der Waals surface area contributed by atoms with Crippen molar-refractivity contribution in [1.82, 2.24) is 0 Å². The molecule has 1 N–H and O–H groups in total. The molecule has 29 heavy (non-hydrogen) atoms. The molecule has 0 saturated carbocycles. The van der Waals surface area contributed by atoms with Gasteiger partial charge in [-0.25, -0.2) is 9.59 Å². The van der Waals surface area contributed by atoms with E-state index < -0.39 is 11.9 Å². The molecular formula is C21H25NO6S. The van der Waals surface area contributed by atoms with Crippen LogP contribution in [0.2, 0.25) is 0 Å². The van der Waals surface area contributed by atoms with Crippen LogP contribution in [0.1, 0.15) is 45.0 Å². The molecule has 0 aliphatic rings. The summed E-state index contributed by atoms with van der Waals surface area (Å²) in [5.41, 5.74) is 1.67. The first-order chi connectivity index (χ1) is 14.0. The summed E-state index contributed by atoms with van der Waals surface area (Å²) >= 11 is 1.15. The molecule has 0 fully saturated rings. The van der Waals surface area contributed by atoms with Gasteiger partial charge in [-0.05, 0) is 44.5 Å². The Balaban J connectivity index is 2.34. The Morgan fingerprint density at radius 1 is 1.07 bits per heavy atom. The monoisotopic (exact) mass is 419 g/mol. The van der Waals surface area contributed by atoms with Gasteiger partial charge in [0.15, 0.2) is 0 Å². The molecule has 0 amide bonds. The molecular weight excluding hydrogens is 394 g/mol. The first kappa shape index (κ1) is 22.3. The van der Waals surface area contributed by atoms with Crippen molar-refractivity contribution in [2.24, 2.45) is 0 Å². The second kappa shape index (κ2) is 10.5. The molecule has 2 rings (SSSR count). The summed E-state index contributed by atoms with van der Waals surface area (Å²) in [6.45, 7) is 5.66. The van der Waals surface area contributed by atoms with Gasteiger partial charge in [0.2, 0.25) is 0 Å². The van der Waals surface area contributed by atoms with Crippen LogP contribution in [0.15, 0.2) is 24.4 Å². The fourth-order valence-corrected chi connectivity index (χ4v) is 3.69. The smallest absolute Gasteiger partial charge is 0.348 e. The number of rotatable bonds is 9. The fraction of sp³-hybridized carbons (Fsp3) is 0.333. The Morgan fingerprint density at radius 2 is 1.76 bits per heavy atom. The number of hydrogen-bond donors (Lipinski definition) is 1. The Bertz CT molecular complexity index is 903. The van der Waals surface area contributed by atoms with E-state index in [2.05, 4.69) is 5.32 Å². The quantitative estimate of drug-likeness (QED) is 0.599. The van der Waals surface area contributed by atoms with Crippen LogP contribution in [0.25, 0.3) is 6.08 Å². The van der Waals surface area contributed by atoms with Crippen molar-refractivity contribution in [3.8, 4) is 11.5 Å². The molecule has 156 valence electrons. The van der Waals surface area contributed by atoms with Gasteiger partial charge in [0.1, 0.15) is 21.4 Å². The summed E-state index contributed by atoms with van der Waals surface area (Å²) in [7, 11) is 3.16. The topological polar surface area (TPSA) is 83.1 Å². The van der Waals surface area contributed by atoms with Gasteiger partial charge in [-0.3, -0.25) is 0 Å². The molecule has 1 aromatic heterocycles. The zero-order chi connectivity index (χ0) is 21.4. The highest BCUT2D eigenvalue weighted by molar-refractivity contribution is 7.18. The second-order valence-corrected chi connectivity index (χ2v) is 6.81. The summed E-state index contributed by atoms with van der Waals surface area (Å²) in [5, 5.41) is 3.59. The lowest BCUT2D eigenvalue weighted by atomic mass is 10.1. The SMILES string of the molecule is CCOC(=O)c1sc(N/C=C/c2ccc(OC)cc2OC)c(C(=O)OCC)c1C. The fourth-order valence-electron chi connectivity index (χ4n) is 2.62. The third-order valence-corrected chi connectivity index (χ3v) is 5.21. The number of anilines is 1. The highest BCUT2D eigenvalue weighted by atomic mass is 32.1. The highest BCUT2D eigenvalue weighted by Gasteiger charge is 2.25. The Morgan fingerprint density at radius 3 is 2.38 bits per heavy atom. The summed E-state index contributed by atoms with van der Waals surface area (Å²) < 4.78 is 20.8. The number of thiophene rings is 1. The van der Waals surface area contributed by atoms with E-state index in [9.17, 15) is 9.59 Å². The maximum atomic E-state index is 12.4. The van der Waals surface area contributed by atoms with Crippen LogP contribution in [-0.4, -0.2) is 39.4 Å². The number of nitrogens with one attached hydrogen (secondary N) is 1. The van der Waals surface area contributed by atoms with Gasteiger partial charge in [0, 0.05) is 17.8 Å². The van der Waals surface area contributed by atoms with Crippen molar-refractivity contribution in [2.45, 2.75) is 20.8 Å². The minimum absolute atomic E-state index is 0.237. The van der Waals surface area contributed by atoms with Crippen molar-refractivity contribution >= 4 is 34.4 Å². The number of carbonyl (C=O) groups excluding carboxylic acids is 2. The van der Waals surface area contributed by atoms with Crippen molar-refractivity contribution in [3.05, 3.63) is 46.0 Å². The summed E-state index contributed by atoms with van der Waals surface area (Å²) in [6, 6.07) is 5.45. The third kappa shape index (κ3) is 5.29. The molecule has 1 heterocycles. The molecule has 7 nitrogen and oxygen atoms in total. The molecule has 0 atom stereocenters. The molecule has 0 saturated heterocycles. The van der Waals surface area contributed by atoms with Crippen LogP contribution in [-0.2, 0) is 9.47 Å². The third-order valence-electron chi connectivity index (χ3n) is 4.01. The van der Waals surface area contributed by atoms with Gasteiger partial charge >= 0.3 is 11.9 Å². The minimum atomic E-state index is -0.491. The van der Waals surface area contributed by atoms with Crippen LogP contribution >= 0.6 is 11.3 Å². The van der Waals surface area contributed by atoms with Gasteiger partial charge in [0.05, 0.1) is 33.0 Å². The number of esters is 2. The van der Waals surface area contributed by atoms with E-state index >= 15 is 0 Å². The molecule has 0 radical (unpaired) electrons. The summed E-state index contributed by atoms with van der Waals surface area (Å²) in [5.74, 6) is 0.372. The molecule has 0 bridgehead atoms. The van der Waals surface area contributed by atoms with Gasteiger partial charge in [0.25, 0.3) is 0 Å². The Hall–Kier alpha value is -3.00. The van der Waals surface area contributed by atoms with Crippen LogP contribution in [0.4, 0.5) is 5.00 Å². The van der Waals surface area contributed by atoms with E-state index in [4.69, 9.17) is 18.9 Å². The van der Waals surface area contributed by atoms with Crippen LogP contribution in [0.3, 0.4) is 0 Å². The second-order valence-electron chi connectivity index (χ2n) is 5.79. The van der Waals surface area contributed by atoms with Crippen LogP contribution in [0.5, 0.6) is 11.5 Å². The number of ether oxygens (including phenoxy) is 4. The Labute approximate surface area is 174 Å². The lowest BCUT2D eigenvalue weighted by molar-refractivity contribution is 0.0527. The summed E-state index contributed by atoms with van der Waals surface area (Å²) in [6.07, 6.45) is 3.47. The predicted octanol–water partition coefficient (Wildman–Crippen LogP) is 4.51. The van der Waals surface area contributed by atoms with E-state index in [1.54, 1.807) is 53.3 Å². The van der Waals surface area contributed by atoms with Gasteiger partial charge in [-0.1, -0.05) is 0 Å². The number of methoxy groups -OCH3 is 2. The van der Waals surface area contributed by atoms with Gasteiger partial charge in [-0.2, -0.15) is 0 Å². The highest BCUT2D eigenvalue weighted by Crippen LogP contribution is 2.34. The van der Waals surface area contributed by atoms with Crippen molar-refractivity contribution < 1.29 is 28.5 Å². The molecule has 2 aromatic rings. The summed E-state index contributed by atoms with van der Waals surface area (Å²) in [4.78, 5) is 25.0. The number of hydrogen-bond acceptors (Lipinski definition) is 8. The molecule has 0 aliphatic carbocycles. The molecule has 0 spiro atoms. The first-order valence-electron chi connectivity index (χ1n) is 9.09. The first-order valence-corrected chi connectivity index (χ1v) is 9.91. The van der Waals surface area contributed by atoms with Crippen molar-refractivity contribution in [2.75, 3.05) is 32.8 Å². The number of benzene rings is 1. The van der Waals surface area contributed by atoms with E-state index in [1.807, 2.05) is 12.1 Å². The lowest BCUT2D eigenvalue weighted by Gasteiger charge is -2.08. The van der Waals surface area contributed by atoms with Gasteiger partial charge in [-0.15, -0.1) is 11.3 Å². The maximum Gasteiger partial charge on any atom is 0.348 e. The predicted molar refractivity (Wildman–Crippen MR) is 113 cm³/mol. The van der Waals surface area contributed by atoms with Gasteiger partial charge < -0.3 is 24.3 Å². The zero-order valence-electron chi connectivity index (χ0n) is 17.2. The van der Waals surface area contributed by atoms with E-state index in [0.717, 1.165) is 16.9 Å². The lowest BCUT2D eigenvalue weighted by Crippen LogP contribution is -2.09. The molecule has 0 unspecified atom stereocenters. The largest absolute Gasteiger partial charge is 0.497 e. The minimum Gasteiger partial charge on any atom is -0.497 e. The van der Waals surface area contributed by atoms with Crippen LogP contribution < -0.4 is 14.8 Å². The average Bonchev–Trinajstić information content (AvgIpc) is 3.04. The van der Waals surface area contributed by atoms with E-state index in [-0.39, 0.29) is 13.2 Å². The van der Waals surface area contributed by atoms with Crippen LogP contribution in [0, 0.1) is 6.92 Å². The molecule has 1 aromatic carbocycles. The standard InChI is InChI=1S/C21H25NO6S/c1-6-27-20(23)17-13(3)18(21(24)28-7-2)29-19(17)22-11-10-14-8-9-15(25-4)12-16(14)26-5/h8-12,22H,6-7H2,1-5H3/b11-10+. The zero-order valence-corrected chi connectivity index (χ0v) is 18.0. The Kier molecular flexibility index (Phi) is 8.09. The van der Waals surface area contributed by atoms with Crippen molar-refractivity contribution in [3.63, 3.8) is 0 Å². The molecule has 0 aliphatic heterocycles. The average molecular weight is 419 g/mol. The van der Waals surface area contributed by atoms with E-state index in [1.165, 1.54) is 0 Å². The number of carbonyl (C=O) groups is 2. The van der Waals surface area contributed by atoms with E-state index in [0.29, 0.717) is 32.5 Å². The normalized spacial score (nSPS) is 10.7. The van der Waals surface area contributed by atoms with Crippen molar-refractivity contribution in [1.29, 1.82) is 0 Å². The molecule has 8 heteroatoms. The maximum absolute atomic E-state index is 12.4.